The molecule has 0 aliphatic heterocycles. The third kappa shape index (κ3) is 4.23. The lowest BCUT2D eigenvalue weighted by Gasteiger charge is -2.14. The van der Waals surface area contributed by atoms with Crippen molar-refractivity contribution < 1.29 is 22.7 Å². The number of ether oxygens (including phenoxy) is 2. The Bertz CT molecular complexity index is 1090. The summed E-state index contributed by atoms with van der Waals surface area (Å²) in [5.74, 6) is -0.175. The molecular weight excluding hydrogens is 368 g/mol. The number of nitrogens with zero attached hydrogens (tertiary/aromatic N) is 1. The molecule has 27 heavy (non-hydrogen) atoms. The second kappa shape index (κ2) is 7.58. The number of hydrogen-bond acceptors (Lipinski definition) is 5. The summed E-state index contributed by atoms with van der Waals surface area (Å²) in [4.78, 5) is 12.6. The van der Waals surface area contributed by atoms with E-state index in [9.17, 15) is 13.2 Å². The number of primary sulfonamides is 1. The maximum absolute atomic E-state index is 12.6. The quantitative estimate of drug-likeness (QED) is 0.625. The fraction of sp³-hybridized carbons (Fsp3) is 0.316. The molecule has 0 amide bonds. The summed E-state index contributed by atoms with van der Waals surface area (Å²) in [6.07, 6.45) is 1.87. The molecule has 0 spiro atoms. The first-order valence-corrected chi connectivity index (χ1v) is 10.4. The Kier molecular flexibility index (Phi) is 5.38. The van der Waals surface area contributed by atoms with E-state index in [0.717, 1.165) is 17.3 Å². The number of pyridine rings is 1. The molecule has 1 aromatic carbocycles. The second-order valence-electron chi connectivity index (χ2n) is 6.41. The lowest BCUT2D eigenvalue weighted by atomic mass is 10.1. The van der Waals surface area contributed by atoms with Gasteiger partial charge in [-0.25, -0.2) is 18.4 Å². The number of nitrogens with two attached hydrogens (primary N) is 1. The number of benzene rings is 1. The minimum absolute atomic E-state index is 0.286. The highest BCUT2D eigenvalue weighted by Gasteiger charge is 2.20. The molecular formula is C19H22N2O5S. The highest BCUT2D eigenvalue weighted by molar-refractivity contribution is 7.89. The van der Waals surface area contributed by atoms with Crippen molar-refractivity contribution in [2.75, 3.05) is 12.4 Å². The number of para-hydroxylation sites is 1. The minimum atomic E-state index is -3.63. The van der Waals surface area contributed by atoms with E-state index >= 15 is 0 Å². The van der Waals surface area contributed by atoms with Gasteiger partial charge in [-0.1, -0.05) is 25.1 Å². The van der Waals surface area contributed by atoms with Gasteiger partial charge in [0.1, 0.15) is 17.6 Å². The zero-order valence-corrected chi connectivity index (χ0v) is 16.0. The summed E-state index contributed by atoms with van der Waals surface area (Å²) in [6, 6.07) is 11.0. The van der Waals surface area contributed by atoms with Crippen LogP contribution in [0.25, 0.3) is 16.4 Å². The zero-order chi connectivity index (χ0) is 19.6. The van der Waals surface area contributed by atoms with Crippen molar-refractivity contribution in [3.05, 3.63) is 48.2 Å². The fourth-order valence-corrected chi connectivity index (χ4v) is 3.78. The van der Waals surface area contributed by atoms with Crippen LogP contribution in [0.2, 0.25) is 0 Å². The topological polar surface area (TPSA) is 100 Å². The van der Waals surface area contributed by atoms with Crippen molar-refractivity contribution in [3.8, 4) is 5.75 Å². The van der Waals surface area contributed by atoms with E-state index in [1.165, 1.54) is 0 Å². The molecule has 0 radical (unpaired) electrons. The minimum Gasteiger partial charge on any atom is -0.488 e. The van der Waals surface area contributed by atoms with Crippen LogP contribution in [0.4, 0.5) is 0 Å². The number of carbonyl (C=O) groups is 1. The molecule has 144 valence electrons. The summed E-state index contributed by atoms with van der Waals surface area (Å²) < 4.78 is 35.3. The van der Waals surface area contributed by atoms with Crippen molar-refractivity contribution in [3.63, 3.8) is 0 Å². The first kappa shape index (κ1) is 19.2. The van der Waals surface area contributed by atoms with Crippen molar-refractivity contribution in [2.24, 2.45) is 5.14 Å². The summed E-state index contributed by atoms with van der Waals surface area (Å²) in [5.41, 5.74) is 2.03. The van der Waals surface area contributed by atoms with Crippen molar-refractivity contribution in [2.45, 2.75) is 26.4 Å². The molecule has 1 unspecified atom stereocenters. The first-order chi connectivity index (χ1) is 12.8. The molecule has 3 aromatic rings. The van der Waals surface area contributed by atoms with Crippen LogP contribution < -0.4 is 9.88 Å². The molecule has 0 aliphatic rings. The molecule has 1 atom stereocenters. The van der Waals surface area contributed by atoms with Crippen molar-refractivity contribution >= 4 is 32.4 Å². The number of hydrogen-bond donors (Lipinski definition) is 1. The largest absolute Gasteiger partial charge is 0.488 e. The molecule has 0 saturated heterocycles. The number of esters is 1. The lowest BCUT2D eigenvalue weighted by molar-refractivity contribution is 0.0509. The molecule has 2 heterocycles. The van der Waals surface area contributed by atoms with Gasteiger partial charge < -0.3 is 13.9 Å². The third-order valence-corrected chi connectivity index (χ3v) is 4.99. The van der Waals surface area contributed by atoms with E-state index < -0.39 is 16.1 Å². The van der Waals surface area contributed by atoms with Gasteiger partial charge in [-0.3, -0.25) is 0 Å². The maximum atomic E-state index is 12.6. The fourth-order valence-electron chi connectivity index (χ4n) is 3.06. The average molecular weight is 390 g/mol. The molecule has 0 saturated carbocycles. The van der Waals surface area contributed by atoms with Gasteiger partial charge >= 0.3 is 5.97 Å². The van der Waals surface area contributed by atoms with Crippen LogP contribution >= 0.6 is 0 Å². The van der Waals surface area contributed by atoms with Gasteiger partial charge in [0.05, 0.1) is 29.4 Å². The Labute approximate surface area is 157 Å². The molecule has 2 N–H and O–H groups in total. The molecule has 0 fully saturated rings. The third-order valence-electron chi connectivity index (χ3n) is 4.06. The number of carbonyl (C=O) groups excluding carboxylic acids is 1. The average Bonchev–Trinajstić information content (AvgIpc) is 2.92. The molecule has 7 nitrogen and oxygen atoms in total. The monoisotopic (exact) mass is 390 g/mol. The van der Waals surface area contributed by atoms with Gasteiger partial charge in [0.25, 0.3) is 0 Å². The molecule has 3 rings (SSSR count). The Hall–Kier alpha value is -2.58. The van der Waals surface area contributed by atoms with Crippen LogP contribution in [0.1, 0.15) is 30.6 Å². The Morgan fingerprint density at radius 3 is 2.63 bits per heavy atom. The van der Waals surface area contributed by atoms with Gasteiger partial charge in [0.2, 0.25) is 10.0 Å². The van der Waals surface area contributed by atoms with Gasteiger partial charge in [0.15, 0.2) is 0 Å². The molecule has 2 aromatic heterocycles. The van der Waals surface area contributed by atoms with E-state index in [4.69, 9.17) is 14.6 Å². The highest BCUT2D eigenvalue weighted by atomic mass is 32.2. The number of sulfonamides is 1. The van der Waals surface area contributed by atoms with Crippen molar-refractivity contribution in [1.82, 2.24) is 4.40 Å². The van der Waals surface area contributed by atoms with Crippen LogP contribution in [0.5, 0.6) is 5.75 Å². The van der Waals surface area contributed by atoms with E-state index in [1.54, 1.807) is 25.3 Å². The number of rotatable bonds is 7. The number of fused-ring (bicyclic) bond motifs is 3. The summed E-state index contributed by atoms with van der Waals surface area (Å²) >= 11 is 0. The second-order valence-corrected chi connectivity index (χ2v) is 8.07. The van der Waals surface area contributed by atoms with Gasteiger partial charge in [-0.15, -0.1) is 0 Å². The van der Waals surface area contributed by atoms with Crippen LogP contribution in [-0.4, -0.2) is 37.3 Å². The van der Waals surface area contributed by atoms with Gasteiger partial charge in [0, 0.05) is 5.39 Å². The number of aromatic nitrogens is 1. The van der Waals surface area contributed by atoms with E-state index in [2.05, 4.69) is 0 Å². The molecule has 0 aliphatic carbocycles. The van der Waals surface area contributed by atoms with Gasteiger partial charge in [-0.2, -0.15) is 0 Å². The zero-order valence-electron chi connectivity index (χ0n) is 15.2. The molecule has 8 heteroatoms. The molecule has 0 bridgehead atoms. The summed E-state index contributed by atoms with van der Waals surface area (Å²) in [7, 11) is -3.63. The normalized spacial score (nSPS) is 13.0. The van der Waals surface area contributed by atoms with Crippen LogP contribution in [0, 0.1) is 0 Å². The predicted molar refractivity (Wildman–Crippen MR) is 104 cm³/mol. The summed E-state index contributed by atoms with van der Waals surface area (Å²) in [6.45, 7) is 3.93. The smallest absolute Gasteiger partial charge is 0.340 e. The van der Waals surface area contributed by atoms with Crippen LogP contribution in [0.15, 0.2) is 42.6 Å². The van der Waals surface area contributed by atoms with Crippen LogP contribution in [-0.2, 0) is 14.8 Å². The van der Waals surface area contributed by atoms with Crippen LogP contribution in [0.3, 0.4) is 0 Å². The van der Waals surface area contributed by atoms with E-state index in [-0.39, 0.29) is 11.7 Å². The summed E-state index contributed by atoms with van der Waals surface area (Å²) in [5, 5.41) is 5.85. The lowest BCUT2D eigenvalue weighted by Crippen LogP contribution is -2.28. The van der Waals surface area contributed by atoms with Crippen molar-refractivity contribution in [1.29, 1.82) is 0 Å². The standard InChI is InChI=1S/C19H22N2O5S/c1-3-10-25-19(22)18-15-6-4-5-7-16(15)21-11-14(8-9-17(18)21)26-13(2)12-27(20,23)24/h4-9,11,13H,3,10,12H2,1-2H3,(H2,20,23,24). The first-order valence-electron chi connectivity index (χ1n) is 8.67. The Morgan fingerprint density at radius 1 is 1.19 bits per heavy atom. The SMILES string of the molecule is CCCOC(=O)c1c2ccccc2n2cc(OC(C)CS(N)(=O)=O)ccc12. The highest BCUT2D eigenvalue weighted by Crippen LogP contribution is 2.29. The predicted octanol–water partition coefficient (Wildman–Crippen LogP) is 2.72. The van der Waals surface area contributed by atoms with Gasteiger partial charge in [-0.05, 0) is 31.5 Å². The maximum Gasteiger partial charge on any atom is 0.340 e. The van der Waals surface area contributed by atoms with E-state index in [0.29, 0.717) is 23.4 Å². The Balaban J connectivity index is 2.04. The Morgan fingerprint density at radius 2 is 1.93 bits per heavy atom. The van der Waals surface area contributed by atoms with E-state index in [1.807, 2.05) is 35.6 Å².